The van der Waals surface area contributed by atoms with Crippen molar-refractivity contribution in [2.75, 3.05) is 6.61 Å². The van der Waals surface area contributed by atoms with Gasteiger partial charge in [-0.2, -0.15) is 0 Å². The van der Waals surface area contributed by atoms with Gasteiger partial charge in [-0.25, -0.2) is 4.99 Å². The van der Waals surface area contributed by atoms with Crippen LogP contribution in [0.2, 0.25) is 5.02 Å². The molecule has 1 aliphatic heterocycles. The van der Waals surface area contributed by atoms with Crippen molar-refractivity contribution in [1.29, 1.82) is 0 Å². The zero-order chi connectivity index (χ0) is 17.8. The third kappa shape index (κ3) is 4.15. The Labute approximate surface area is 154 Å². The molecule has 0 atom stereocenters. The van der Waals surface area contributed by atoms with Crippen molar-refractivity contribution < 1.29 is 14.6 Å². The zero-order valence-electron chi connectivity index (χ0n) is 13.3. The third-order valence-electron chi connectivity index (χ3n) is 3.31. The first kappa shape index (κ1) is 17.4. The molecule has 1 aliphatic rings. The molecule has 2 aromatic rings. The fourth-order valence-electron chi connectivity index (χ4n) is 2.18. The number of amides is 1. The fourth-order valence-corrected chi connectivity index (χ4v) is 3.19. The Morgan fingerprint density at radius 1 is 1.32 bits per heavy atom. The molecule has 1 heterocycles. The summed E-state index contributed by atoms with van der Waals surface area (Å²) in [5, 5.41) is 13.4. The van der Waals surface area contributed by atoms with Crippen molar-refractivity contribution in [2.24, 2.45) is 4.99 Å². The van der Waals surface area contributed by atoms with Gasteiger partial charge in [0.2, 0.25) is 0 Å². The maximum absolute atomic E-state index is 12.1. The second-order valence-corrected chi connectivity index (χ2v) is 6.53. The van der Waals surface area contributed by atoms with Crippen LogP contribution in [0.4, 0.5) is 5.69 Å². The number of carbonyl (C=O) groups is 1. The maximum atomic E-state index is 12.1. The second kappa shape index (κ2) is 7.63. The quantitative estimate of drug-likeness (QED) is 0.781. The first-order chi connectivity index (χ1) is 12.1. The van der Waals surface area contributed by atoms with Gasteiger partial charge in [-0.05, 0) is 54.6 Å². The highest BCUT2D eigenvalue weighted by molar-refractivity contribution is 8.18. The number of nitrogens with zero attached hydrogens (tertiary/aromatic N) is 1. The number of nitrogens with one attached hydrogen (secondary N) is 1. The van der Waals surface area contributed by atoms with Gasteiger partial charge in [0.15, 0.2) is 16.7 Å². The van der Waals surface area contributed by atoms with E-state index in [1.54, 1.807) is 30.3 Å². The van der Waals surface area contributed by atoms with Crippen LogP contribution < -0.4 is 10.1 Å². The highest BCUT2D eigenvalue weighted by atomic mass is 35.5. The molecular weight excluding hydrogens is 360 g/mol. The SMILES string of the molecule is CCOc1cc(/C=C2\SC(=Nc3ccccc3Cl)NC2=O)ccc1O. The molecule has 0 bridgehead atoms. The topological polar surface area (TPSA) is 70.9 Å². The van der Waals surface area contributed by atoms with Crippen LogP contribution in [0.25, 0.3) is 6.08 Å². The van der Waals surface area contributed by atoms with E-state index in [4.69, 9.17) is 16.3 Å². The largest absolute Gasteiger partial charge is 0.504 e. The highest BCUT2D eigenvalue weighted by Gasteiger charge is 2.24. The normalized spacial score (nSPS) is 17.1. The molecule has 1 fully saturated rings. The van der Waals surface area contributed by atoms with Crippen LogP contribution in [-0.4, -0.2) is 22.8 Å². The summed E-state index contributed by atoms with van der Waals surface area (Å²) in [4.78, 5) is 17.0. The minimum absolute atomic E-state index is 0.0634. The van der Waals surface area contributed by atoms with E-state index in [-0.39, 0.29) is 11.7 Å². The van der Waals surface area contributed by atoms with E-state index in [2.05, 4.69) is 10.3 Å². The first-order valence-corrected chi connectivity index (χ1v) is 8.76. The first-order valence-electron chi connectivity index (χ1n) is 7.56. The molecule has 0 spiro atoms. The lowest BCUT2D eigenvalue weighted by atomic mass is 10.2. The van der Waals surface area contributed by atoms with Crippen molar-refractivity contribution >= 4 is 46.2 Å². The molecule has 2 aromatic carbocycles. The molecule has 1 amide bonds. The Balaban J connectivity index is 1.84. The van der Waals surface area contributed by atoms with Crippen molar-refractivity contribution in [3.05, 3.63) is 58.0 Å². The molecule has 25 heavy (non-hydrogen) atoms. The van der Waals surface area contributed by atoms with Crippen LogP contribution in [-0.2, 0) is 4.79 Å². The van der Waals surface area contributed by atoms with Crippen LogP contribution in [0, 0.1) is 0 Å². The van der Waals surface area contributed by atoms with Crippen LogP contribution >= 0.6 is 23.4 Å². The van der Waals surface area contributed by atoms with Crippen LogP contribution in [0.5, 0.6) is 11.5 Å². The summed E-state index contributed by atoms with van der Waals surface area (Å²) in [5.41, 5.74) is 1.34. The fraction of sp³-hybridized carbons (Fsp3) is 0.111. The lowest BCUT2D eigenvalue weighted by Gasteiger charge is -2.06. The molecule has 128 valence electrons. The van der Waals surface area contributed by atoms with E-state index in [0.717, 1.165) is 5.56 Å². The van der Waals surface area contributed by atoms with Gasteiger partial charge < -0.3 is 15.2 Å². The van der Waals surface area contributed by atoms with E-state index < -0.39 is 0 Å². The number of halogens is 1. The number of phenols is 1. The predicted molar refractivity (Wildman–Crippen MR) is 102 cm³/mol. The summed E-state index contributed by atoms with van der Waals surface area (Å²) >= 11 is 7.31. The summed E-state index contributed by atoms with van der Waals surface area (Å²) < 4.78 is 5.36. The molecule has 3 rings (SSSR count). The summed E-state index contributed by atoms with van der Waals surface area (Å²) in [7, 11) is 0. The van der Waals surface area contributed by atoms with Gasteiger partial charge in [-0.15, -0.1) is 0 Å². The monoisotopic (exact) mass is 374 g/mol. The molecule has 0 aliphatic carbocycles. The number of rotatable bonds is 4. The number of benzene rings is 2. The Bertz CT molecular complexity index is 880. The van der Waals surface area contributed by atoms with Crippen LogP contribution in [0.1, 0.15) is 12.5 Å². The number of aromatic hydroxyl groups is 1. The average Bonchev–Trinajstić information content (AvgIpc) is 2.92. The van der Waals surface area contributed by atoms with Gasteiger partial charge in [0.1, 0.15) is 0 Å². The van der Waals surface area contributed by atoms with Crippen molar-refractivity contribution in [3.8, 4) is 11.5 Å². The average molecular weight is 375 g/mol. The summed E-state index contributed by atoms with van der Waals surface area (Å²) in [6, 6.07) is 12.1. The van der Waals surface area contributed by atoms with E-state index in [1.165, 1.54) is 17.8 Å². The summed E-state index contributed by atoms with van der Waals surface area (Å²) in [6.45, 7) is 2.28. The lowest BCUT2D eigenvalue weighted by molar-refractivity contribution is -0.115. The van der Waals surface area contributed by atoms with Gasteiger partial charge in [0.25, 0.3) is 5.91 Å². The Morgan fingerprint density at radius 2 is 2.12 bits per heavy atom. The zero-order valence-corrected chi connectivity index (χ0v) is 14.9. The van der Waals surface area contributed by atoms with E-state index in [0.29, 0.717) is 33.1 Å². The molecule has 0 aromatic heterocycles. The molecule has 7 heteroatoms. The third-order valence-corrected chi connectivity index (χ3v) is 4.54. The minimum atomic E-state index is -0.234. The van der Waals surface area contributed by atoms with E-state index in [1.807, 2.05) is 19.1 Å². The van der Waals surface area contributed by atoms with Crippen LogP contribution in [0.15, 0.2) is 52.4 Å². The number of thioether (sulfide) groups is 1. The number of hydrogen-bond acceptors (Lipinski definition) is 5. The Kier molecular flexibility index (Phi) is 5.31. The smallest absolute Gasteiger partial charge is 0.264 e. The van der Waals surface area contributed by atoms with Gasteiger partial charge in [0, 0.05) is 0 Å². The number of aliphatic imine (C=N–C) groups is 1. The van der Waals surface area contributed by atoms with Crippen LogP contribution in [0.3, 0.4) is 0 Å². The number of carbonyl (C=O) groups excluding carboxylic acids is 1. The number of ether oxygens (including phenoxy) is 1. The Hall–Kier alpha value is -2.44. The summed E-state index contributed by atoms with van der Waals surface area (Å²) in [5.74, 6) is 0.209. The van der Waals surface area contributed by atoms with Gasteiger partial charge in [-0.1, -0.05) is 29.8 Å². The standard InChI is InChI=1S/C18H15ClN2O3S/c1-2-24-15-9-11(7-8-14(15)22)10-16-17(23)21-18(25-16)20-13-6-4-3-5-12(13)19/h3-10,22H,2H2,1H3,(H,20,21,23)/b16-10-. The molecule has 2 N–H and O–H groups in total. The highest BCUT2D eigenvalue weighted by Crippen LogP contribution is 2.32. The second-order valence-electron chi connectivity index (χ2n) is 5.09. The number of para-hydroxylation sites is 1. The van der Waals surface area contributed by atoms with Crippen molar-refractivity contribution in [1.82, 2.24) is 5.32 Å². The van der Waals surface area contributed by atoms with Gasteiger partial charge in [-0.3, -0.25) is 4.79 Å². The van der Waals surface area contributed by atoms with Crippen molar-refractivity contribution in [2.45, 2.75) is 6.92 Å². The molecule has 5 nitrogen and oxygen atoms in total. The van der Waals surface area contributed by atoms with Gasteiger partial charge >= 0.3 is 0 Å². The number of hydrogen-bond donors (Lipinski definition) is 2. The number of phenolic OH excluding ortho intramolecular Hbond substituents is 1. The van der Waals surface area contributed by atoms with Crippen molar-refractivity contribution in [3.63, 3.8) is 0 Å². The minimum Gasteiger partial charge on any atom is -0.504 e. The lowest BCUT2D eigenvalue weighted by Crippen LogP contribution is -2.19. The molecular formula is C18H15ClN2O3S. The molecule has 0 radical (unpaired) electrons. The van der Waals surface area contributed by atoms with Gasteiger partial charge in [0.05, 0.1) is 22.2 Å². The predicted octanol–water partition coefficient (Wildman–Crippen LogP) is 4.34. The molecule has 0 unspecified atom stereocenters. The summed E-state index contributed by atoms with van der Waals surface area (Å²) in [6.07, 6.45) is 1.72. The molecule has 1 saturated heterocycles. The molecule has 0 saturated carbocycles. The Morgan fingerprint density at radius 3 is 2.88 bits per heavy atom. The number of amidine groups is 1. The van der Waals surface area contributed by atoms with E-state index >= 15 is 0 Å². The van der Waals surface area contributed by atoms with E-state index in [9.17, 15) is 9.90 Å². The maximum Gasteiger partial charge on any atom is 0.264 e.